The van der Waals surface area contributed by atoms with E-state index in [1.54, 1.807) is 55.0 Å². The van der Waals surface area contributed by atoms with E-state index in [-0.39, 0.29) is 24.2 Å². The molecule has 0 aliphatic carbocycles. The van der Waals surface area contributed by atoms with Gasteiger partial charge in [-0.15, -0.1) is 11.8 Å². The van der Waals surface area contributed by atoms with Crippen LogP contribution < -0.4 is 4.74 Å². The van der Waals surface area contributed by atoms with Crippen LogP contribution in [0.4, 0.5) is 0 Å². The molecule has 1 aromatic carbocycles. The number of amides is 2. The normalized spacial score (nSPS) is 17.0. The number of carbonyl (C=O) groups excluding carboxylic acids is 3. The van der Waals surface area contributed by atoms with Crippen molar-refractivity contribution in [3.63, 3.8) is 0 Å². The molecule has 1 heterocycles. The van der Waals surface area contributed by atoms with Crippen molar-refractivity contribution in [2.45, 2.75) is 13.0 Å². The fourth-order valence-corrected chi connectivity index (χ4v) is 3.40. The summed E-state index contributed by atoms with van der Waals surface area (Å²) in [5.74, 6) is 1.18. The topological polar surface area (TPSA) is 66.9 Å². The van der Waals surface area contributed by atoms with Crippen LogP contribution in [0.25, 0.3) is 0 Å². The summed E-state index contributed by atoms with van der Waals surface area (Å²) in [4.78, 5) is 38.8. The van der Waals surface area contributed by atoms with Gasteiger partial charge in [-0.05, 0) is 19.1 Å². The van der Waals surface area contributed by atoms with E-state index in [1.807, 2.05) is 0 Å². The first-order valence-electron chi connectivity index (χ1n) is 7.22. The number of nitrogens with zero attached hydrogens (tertiary/aromatic N) is 2. The molecule has 0 saturated carbocycles. The minimum atomic E-state index is -0.436. The van der Waals surface area contributed by atoms with Crippen molar-refractivity contribution in [2.75, 3.05) is 32.3 Å². The van der Waals surface area contributed by atoms with Crippen LogP contribution >= 0.6 is 11.8 Å². The van der Waals surface area contributed by atoms with Gasteiger partial charge in [0, 0.05) is 25.4 Å². The monoisotopic (exact) mass is 336 g/mol. The molecule has 0 bridgehead atoms. The van der Waals surface area contributed by atoms with Crippen molar-refractivity contribution < 1.29 is 19.1 Å². The zero-order valence-electron chi connectivity index (χ0n) is 13.4. The number of hydrogen-bond acceptors (Lipinski definition) is 5. The molecule has 1 aromatic rings. The van der Waals surface area contributed by atoms with Gasteiger partial charge >= 0.3 is 0 Å². The van der Waals surface area contributed by atoms with Gasteiger partial charge in [0.25, 0.3) is 5.91 Å². The van der Waals surface area contributed by atoms with Crippen LogP contribution in [0.2, 0.25) is 0 Å². The van der Waals surface area contributed by atoms with Crippen LogP contribution in [0.1, 0.15) is 17.3 Å². The molecule has 1 fully saturated rings. The Morgan fingerprint density at radius 3 is 2.74 bits per heavy atom. The molecule has 0 spiro atoms. The first-order valence-corrected chi connectivity index (χ1v) is 8.38. The van der Waals surface area contributed by atoms with Gasteiger partial charge in [0.15, 0.2) is 12.4 Å². The van der Waals surface area contributed by atoms with Crippen LogP contribution in [-0.4, -0.2) is 65.8 Å². The standard InChI is InChI=1S/C16H20N2O4S/c1-11(19)12-5-4-6-13(7-12)22-8-15(20)18-10-23-9-14(18)16(21)17(2)3/h4-7,14H,8-10H2,1-3H3/t14-/m0/s1. The Balaban J connectivity index is 1.98. The summed E-state index contributed by atoms with van der Waals surface area (Å²) in [6.07, 6.45) is 0. The van der Waals surface area contributed by atoms with Gasteiger partial charge in [0.05, 0.1) is 5.88 Å². The number of likely N-dealkylation sites (N-methyl/N-ethyl adjacent to an activating group) is 1. The Labute approximate surface area is 139 Å². The minimum Gasteiger partial charge on any atom is -0.484 e. The number of carbonyl (C=O) groups is 3. The third kappa shape index (κ3) is 4.25. The molecule has 1 saturated heterocycles. The molecule has 124 valence electrons. The molecule has 0 aromatic heterocycles. The average molecular weight is 336 g/mol. The summed E-state index contributed by atoms with van der Waals surface area (Å²) < 4.78 is 5.48. The van der Waals surface area contributed by atoms with Crippen molar-refractivity contribution >= 4 is 29.4 Å². The van der Waals surface area contributed by atoms with Crippen LogP contribution in [0.5, 0.6) is 5.75 Å². The van der Waals surface area contributed by atoms with E-state index in [9.17, 15) is 14.4 Å². The number of ketones is 1. The largest absolute Gasteiger partial charge is 0.484 e. The second kappa shape index (κ2) is 7.50. The molecule has 1 aliphatic rings. The lowest BCUT2D eigenvalue weighted by Gasteiger charge is -2.25. The molecule has 2 rings (SSSR count). The number of ether oxygens (including phenoxy) is 1. The summed E-state index contributed by atoms with van der Waals surface area (Å²) in [7, 11) is 3.36. The van der Waals surface area contributed by atoms with E-state index < -0.39 is 6.04 Å². The molecule has 0 unspecified atom stereocenters. The molecule has 1 aliphatic heterocycles. The SMILES string of the molecule is CC(=O)c1cccc(OCC(=O)N2CSC[C@H]2C(=O)N(C)C)c1. The summed E-state index contributed by atoms with van der Waals surface area (Å²) in [5.41, 5.74) is 0.535. The van der Waals surface area contributed by atoms with Crippen molar-refractivity contribution in [3.05, 3.63) is 29.8 Å². The zero-order valence-corrected chi connectivity index (χ0v) is 14.3. The third-order valence-electron chi connectivity index (χ3n) is 3.53. The first kappa shape index (κ1) is 17.3. The van der Waals surface area contributed by atoms with Crippen molar-refractivity contribution in [3.8, 4) is 5.75 Å². The summed E-state index contributed by atoms with van der Waals surface area (Å²) in [6, 6.07) is 6.27. The second-order valence-electron chi connectivity index (χ2n) is 5.48. The third-order valence-corrected chi connectivity index (χ3v) is 4.54. The van der Waals surface area contributed by atoms with Gasteiger partial charge < -0.3 is 14.5 Å². The predicted octanol–water partition coefficient (Wildman–Crippen LogP) is 1.26. The molecule has 7 heteroatoms. The molecule has 2 amide bonds. The number of rotatable bonds is 5. The summed E-state index contributed by atoms with van der Waals surface area (Å²) in [5, 5.41) is 0. The fraction of sp³-hybridized carbons (Fsp3) is 0.438. The van der Waals surface area contributed by atoms with E-state index in [0.29, 0.717) is 22.9 Å². The minimum absolute atomic E-state index is 0.0608. The maximum Gasteiger partial charge on any atom is 0.261 e. The Kier molecular flexibility index (Phi) is 5.65. The van der Waals surface area contributed by atoms with E-state index in [1.165, 1.54) is 11.8 Å². The number of benzene rings is 1. The smallest absolute Gasteiger partial charge is 0.261 e. The molecule has 6 nitrogen and oxygen atoms in total. The quantitative estimate of drug-likeness (QED) is 0.757. The van der Waals surface area contributed by atoms with E-state index in [4.69, 9.17) is 4.74 Å². The average Bonchev–Trinajstić information content (AvgIpc) is 3.01. The summed E-state index contributed by atoms with van der Waals surface area (Å²) in [6.45, 7) is 1.32. The molecule has 0 N–H and O–H groups in total. The van der Waals surface area contributed by atoms with Crippen LogP contribution in [-0.2, 0) is 9.59 Å². The molecular weight excluding hydrogens is 316 g/mol. The maximum atomic E-state index is 12.3. The Morgan fingerprint density at radius 1 is 1.35 bits per heavy atom. The maximum absolute atomic E-state index is 12.3. The van der Waals surface area contributed by atoms with Crippen molar-refractivity contribution in [1.29, 1.82) is 0 Å². The second-order valence-corrected chi connectivity index (χ2v) is 6.48. The van der Waals surface area contributed by atoms with Gasteiger partial charge in [-0.3, -0.25) is 14.4 Å². The summed E-state index contributed by atoms with van der Waals surface area (Å²) >= 11 is 1.55. The van der Waals surface area contributed by atoms with Crippen LogP contribution in [0.3, 0.4) is 0 Å². The molecule has 0 radical (unpaired) electrons. The number of Topliss-reactive ketones (excluding diaryl/α,β-unsaturated/α-hetero) is 1. The molecule has 1 atom stereocenters. The van der Waals surface area contributed by atoms with Crippen LogP contribution in [0, 0.1) is 0 Å². The van der Waals surface area contributed by atoms with Crippen LogP contribution in [0.15, 0.2) is 24.3 Å². The van der Waals surface area contributed by atoms with E-state index >= 15 is 0 Å². The Bertz CT molecular complexity index is 618. The van der Waals surface area contributed by atoms with E-state index in [2.05, 4.69) is 0 Å². The van der Waals surface area contributed by atoms with E-state index in [0.717, 1.165) is 0 Å². The zero-order chi connectivity index (χ0) is 17.0. The lowest BCUT2D eigenvalue weighted by molar-refractivity contribution is -0.143. The number of hydrogen-bond donors (Lipinski definition) is 0. The van der Waals surface area contributed by atoms with Gasteiger partial charge in [0.1, 0.15) is 11.8 Å². The number of thioether (sulfide) groups is 1. The van der Waals surface area contributed by atoms with Gasteiger partial charge in [0.2, 0.25) is 5.91 Å². The fourth-order valence-electron chi connectivity index (χ4n) is 2.22. The molecular formula is C16H20N2O4S. The highest BCUT2D eigenvalue weighted by molar-refractivity contribution is 7.99. The highest BCUT2D eigenvalue weighted by Crippen LogP contribution is 2.22. The van der Waals surface area contributed by atoms with Gasteiger partial charge in [-0.25, -0.2) is 0 Å². The van der Waals surface area contributed by atoms with Gasteiger partial charge in [-0.2, -0.15) is 0 Å². The highest BCUT2D eigenvalue weighted by Gasteiger charge is 2.35. The van der Waals surface area contributed by atoms with Crippen molar-refractivity contribution in [1.82, 2.24) is 9.80 Å². The van der Waals surface area contributed by atoms with Gasteiger partial charge in [-0.1, -0.05) is 12.1 Å². The predicted molar refractivity (Wildman–Crippen MR) is 88.6 cm³/mol. The Hall–Kier alpha value is -2.02. The first-order chi connectivity index (χ1) is 10.9. The lowest BCUT2D eigenvalue weighted by atomic mass is 10.1. The van der Waals surface area contributed by atoms with Crippen molar-refractivity contribution in [2.24, 2.45) is 0 Å². The Morgan fingerprint density at radius 2 is 2.09 bits per heavy atom. The molecule has 23 heavy (non-hydrogen) atoms. The highest BCUT2D eigenvalue weighted by atomic mass is 32.2. The lowest BCUT2D eigenvalue weighted by Crippen LogP contribution is -2.48.